The van der Waals surface area contributed by atoms with E-state index in [1.165, 1.54) is 6.07 Å². The smallest absolute Gasteiger partial charge is 0.272 e. The van der Waals surface area contributed by atoms with Gasteiger partial charge in [-0.25, -0.2) is 0 Å². The molecule has 0 aliphatic heterocycles. The zero-order valence-corrected chi connectivity index (χ0v) is 11.8. The molecule has 20 heavy (non-hydrogen) atoms. The van der Waals surface area contributed by atoms with E-state index in [1.807, 2.05) is 13.0 Å². The van der Waals surface area contributed by atoms with E-state index < -0.39 is 0 Å². The summed E-state index contributed by atoms with van der Waals surface area (Å²) >= 11 is 0. The molecule has 2 rings (SSSR count). The van der Waals surface area contributed by atoms with Gasteiger partial charge in [-0.2, -0.15) is 0 Å². The molecule has 2 N–H and O–H groups in total. The van der Waals surface area contributed by atoms with Gasteiger partial charge in [0.25, 0.3) is 5.69 Å². The molecule has 0 bridgehead atoms. The van der Waals surface area contributed by atoms with E-state index in [0.717, 1.165) is 31.4 Å². The second kappa shape index (κ2) is 6.81. The first kappa shape index (κ1) is 14.9. The molecule has 1 aromatic rings. The van der Waals surface area contributed by atoms with Crippen LogP contribution in [0.2, 0.25) is 0 Å². The first-order valence-corrected chi connectivity index (χ1v) is 7.19. The number of nitrogens with two attached hydrogens (primary N) is 1. The summed E-state index contributed by atoms with van der Waals surface area (Å²) in [7, 11) is 0. The van der Waals surface area contributed by atoms with Crippen molar-refractivity contribution < 1.29 is 9.66 Å². The Bertz CT molecular complexity index is 458. The lowest BCUT2D eigenvalue weighted by Gasteiger charge is -2.36. The van der Waals surface area contributed by atoms with Crippen molar-refractivity contribution in [3.8, 4) is 0 Å². The van der Waals surface area contributed by atoms with E-state index in [0.29, 0.717) is 18.4 Å². The SMILES string of the molecule is CCOC1CC(CC(N)Cc2ccccc2[N+](=O)[O-])C1. The third kappa shape index (κ3) is 3.77. The van der Waals surface area contributed by atoms with Gasteiger partial charge in [-0.1, -0.05) is 18.2 Å². The van der Waals surface area contributed by atoms with Crippen LogP contribution in [0.25, 0.3) is 0 Å². The molecule has 1 unspecified atom stereocenters. The third-order valence-electron chi connectivity index (χ3n) is 3.90. The van der Waals surface area contributed by atoms with Crippen molar-refractivity contribution in [3.63, 3.8) is 0 Å². The van der Waals surface area contributed by atoms with Gasteiger partial charge in [0.2, 0.25) is 0 Å². The molecule has 1 aromatic carbocycles. The minimum Gasteiger partial charge on any atom is -0.378 e. The minimum absolute atomic E-state index is 0.0244. The molecule has 5 nitrogen and oxygen atoms in total. The van der Waals surface area contributed by atoms with Crippen LogP contribution in [0.3, 0.4) is 0 Å². The van der Waals surface area contributed by atoms with Crippen LogP contribution >= 0.6 is 0 Å². The second-order valence-corrected chi connectivity index (χ2v) is 5.50. The summed E-state index contributed by atoms with van der Waals surface area (Å²) in [6.07, 6.45) is 4.00. The summed E-state index contributed by atoms with van der Waals surface area (Å²) in [6, 6.07) is 6.82. The standard InChI is InChI=1S/C15H22N2O3/c1-2-20-14-8-11(9-14)7-13(16)10-12-5-3-4-6-15(12)17(18)19/h3-6,11,13-14H,2,7-10,16H2,1H3. The summed E-state index contributed by atoms with van der Waals surface area (Å²) in [4.78, 5) is 10.6. The van der Waals surface area contributed by atoms with E-state index in [1.54, 1.807) is 12.1 Å². The Kier molecular flexibility index (Phi) is 5.09. The summed E-state index contributed by atoms with van der Waals surface area (Å²) in [5.74, 6) is 0.601. The van der Waals surface area contributed by atoms with Crippen LogP contribution in [0.15, 0.2) is 24.3 Å². The molecule has 1 aliphatic rings. The zero-order valence-electron chi connectivity index (χ0n) is 11.8. The van der Waals surface area contributed by atoms with Gasteiger partial charge in [-0.3, -0.25) is 10.1 Å². The van der Waals surface area contributed by atoms with Gasteiger partial charge in [0.15, 0.2) is 0 Å². The summed E-state index contributed by atoms with van der Waals surface area (Å²) < 4.78 is 5.53. The molecule has 1 saturated carbocycles. The number of nitrogens with zero attached hydrogens (tertiary/aromatic N) is 1. The Hall–Kier alpha value is -1.46. The lowest BCUT2D eigenvalue weighted by Crippen LogP contribution is -2.36. The number of nitro benzene ring substituents is 1. The maximum atomic E-state index is 11.0. The predicted octanol–water partition coefficient (Wildman–Crippen LogP) is 2.67. The molecular formula is C15H22N2O3. The van der Waals surface area contributed by atoms with Crippen LogP contribution in [-0.2, 0) is 11.2 Å². The van der Waals surface area contributed by atoms with Gasteiger partial charge in [0.05, 0.1) is 11.0 Å². The minimum atomic E-state index is -0.337. The highest BCUT2D eigenvalue weighted by Gasteiger charge is 2.31. The van der Waals surface area contributed by atoms with Crippen molar-refractivity contribution in [2.75, 3.05) is 6.61 Å². The Morgan fingerprint density at radius 2 is 2.15 bits per heavy atom. The highest BCUT2D eigenvalue weighted by molar-refractivity contribution is 5.40. The van der Waals surface area contributed by atoms with Gasteiger partial charge in [-0.15, -0.1) is 0 Å². The molecule has 110 valence electrons. The number of ether oxygens (including phenoxy) is 1. The highest BCUT2D eigenvalue weighted by atomic mass is 16.6. The summed E-state index contributed by atoms with van der Waals surface area (Å²) in [5, 5.41) is 11.0. The highest BCUT2D eigenvalue weighted by Crippen LogP contribution is 2.34. The first-order valence-electron chi connectivity index (χ1n) is 7.19. The number of para-hydroxylation sites is 1. The predicted molar refractivity (Wildman–Crippen MR) is 77.5 cm³/mol. The van der Waals surface area contributed by atoms with E-state index >= 15 is 0 Å². The zero-order chi connectivity index (χ0) is 14.5. The summed E-state index contributed by atoms with van der Waals surface area (Å²) in [5.41, 5.74) is 7.04. The lowest BCUT2D eigenvalue weighted by molar-refractivity contribution is -0.385. The first-order chi connectivity index (χ1) is 9.60. The number of nitro groups is 1. The van der Waals surface area contributed by atoms with Crippen molar-refractivity contribution in [2.24, 2.45) is 11.7 Å². The lowest BCUT2D eigenvalue weighted by atomic mass is 9.77. The number of hydrogen-bond acceptors (Lipinski definition) is 4. The molecule has 1 fully saturated rings. The van der Waals surface area contributed by atoms with Gasteiger partial charge >= 0.3 is 0 Å². The fraction of sp³-hybridized carbons (Fsp3) is 0.600. The molecule has 0 heterocycles. The number of benzene rings is 1. The monoisotopic (exact) mass is 278 g/mol. The third-order valence-corrected chi connectivity index (χ3v) is 3.90. The van der Waals surface area contributed by atoms with Gasteiger partial charge < -0.3 is 10.5 Å². The fourth-order valence-electron chi connectivity index (χ4n) is 2.89. The van der Waals surface area contributed by atoms with Crippen LogP contribution in [-0.4, -0.2) is 23.7 Å². The van der Waals surface area contributed by atoms with E-state index in [-0.39, 0.29) is 16.7 Å². The van der Waals surface area contributed by atoms with Crippen LogP contribution in [0, 0.1) is 16.0 Å². The largest absolute Gasteiger partial charge is 0.378 e. The van der Waals surface area contributed by atoms with E-state index in [2.05, 4.69) is 0 Å². The Balaban J connectivity index is 1.83. The van der Waals surface area contributed by atoms with Gasteiger partial charge in [0, 0.05) is 24.3 Å². The molecule has 1 atom stereocenters. The molecule has 0 radical (unpaired) electrons. The van der Waals surface area contributed by atoms with Gasteiger partial charge in [-0.05, 0) is 38.5 Å². The Morgan fingerprint density at radius 1 is 1.45 bits per heavy atom. The Morgan fingerprint density at radius 3 is 2.80 bits per heavy atom. The second-order valence-electron chi connectivity index (χ2n) is 5.50. The molecular weight excluding hydrogens is 256 g/mol. The normalized spacial score (nSPS) is 23.1. The molecule has 1 aliphatic carbocycles. The van der Waals surface area contributed by atoms with Crippen molar-refractivity contribution >= 4 is 5.69 Å². The van der Waals surface area contributed by atoms with E-state index in [9.17, 15) is 10.1 Å². The van der Waals surface area contributed by atoms with Crippen molar-refractivity contribution in [2.45, 2.75) is 44.8 Å². The van der Waals surface area contributed by atoms with Crippen LogP contribution in [0.5, 0.6) is 0 Å². The maximum Gasteiger partial charge on any atom is 0.272 e. The number of hydrogen-bond donors (Lipinski definition) is 1. The van der Waals surface area contributed by atoms with Crippen LogP contribution in [0.4, 0.5) is 5.69 Å². The Labute approximate surface area is 119 Å². The van der Waals surface area contributed by atoms with Crippen molar-refractivity contribution in [3.05, 3.63) is 39.9 Å². The van der Waals surface area contributed by atoms with Gasteiger partial charge in [0.1, 0.15) is 0 Å². The average molecular weight is 278 g/mol. The fourth-order valence-corrected chi connectivity index (χ4v) is 2.89. The van der Waals surface area contributed by atoms with E-state index in [4.69, 9.17) is 10.5 Å². The number of rotatable bonds is 7. The topological polar surface area (TPSA) is 78.4 Å². The van der Waals surface area contributed by atoms with Crippen molar-refractivity contribution in [1.82, 2.24) is 0 Å². The molecule has 0 aromatic heterocycles. The van der Waals surface area contributed by atoms with Crippen LogP contribution in [0.1, 0.15) is 31.7 Å². The molecule has 0 saturated heterocycles. The maximum absolute atomic E-state index is 11.0. The van der Waals surface area contributed by atoms with Crippen molar-refractivity contribution in [1.29, 1.82) is 0 Å². The molecule has 5 heteroatoms. The quantitative estimate of drug-likeness (QED) is 0.614. The average Bonchev–Trinajstić information content (AvgIpc) is 2.36. The summed E-state index contributed by atoms with van der Waals surface area (Å²) in [6.45, 7) is 2.77. The van der Waals surface area contributed by atoms with Crippen LogP contribution < -0.4 is 5.73 Å². The molecule has 0 amide bonds. The molecule has 0 spiro atoms.